The van der Waals surface area contributed by atoms with Crippen molar-refractivity contribution in [3.8, 4) is 0 Å². The zero-order valence-electron chi connectivity index (χ0n) is 31.6. The number of rotatable bonds is 24. The van der Waals surface area contributed by atoms with Crippen LogP contribution in [0.1, 0.15) is 84.5 Å². The molecule has 0 saturated carbocycles. The van der Waals surface area contributed by atoms with E-state index in [0.717, 1.165) is 18.7 Å². The van der Waals surface area contributed by atoms with Crippen LogP contribution in [-0.4, -0.2) is 116 Å². The van der Waals surface area contributed by atoms with E-state index in [1.165, 1.54) is 28.4 Å². The number of nitrogens with zero attached hydrogens (tertiary/aromatic N) is 2. The summed E-state index contributed by atoms with van der Waals surface area (Å²) in [6, 6.07) is 0. The van der Waals surface area contributed by atoms with Gasteiger partial charge >= 0.3 is 17.9 Å². The van der Waals surface area contributed by atoms with Crippen molar-refractivity contribution in [1.82, 2.24) is 9.80 Å². The molecule has 57 heavy (non-hydrogen) atoms. The van der Waals surface area contributed by atoms with E-state index < -0.39 is 47.0 Å². The SMILES string of the molecule is CCCC(=O)CC1C(=O)N2C(C(=O)O)=C(COC(=O)CCP=S)CSC12.CCCC(=O)CC1C(=O)N2C(C(=O)[O-])=C(COC(=O)CCCC(=O)CCP=S)CSC12. The van der Waals surface area contributed by atoms with Crippen molar-refractivity contribution in [3.05, 3.63) is 22.5 Å². The fraction of sp³-hybridized carbons (Fsp3) is 0.639. The number of ether oxygens (including phenoxy) is 2. The van der Waals surface area contributed by atoms with Gasteiger partial charge in [-0.25, -0.2) is 4.79 Å². The maximum absolute atomic E-state index is 12.5. The number of β-lactam (4-membered cyclic amide) rings is 2. The largest absolute Gasteiger partial charge is 0.543 e. The van der Waals surface area contributed by atoms with Gasteiger partial charge in [-0.1, -0.05) is 37.5 Å². The second-order valence-corrected chi connectivity index (χ2v) is 18.6. The van der Waals surface area contributed by atoms with Crippen molar-refractivity contribution in [1.29, 1.82) is 0 Å². The Balaban J connectivity index is 0.000000310. The van der Waals surface area contributed by atoms with Crippen molar-refractivity contribution in [2.45, 2.75) is 95.2 Å². The van der Waals surface area contributed by atoms with Crippen molar-refractivity contribution < 1.29 is 62.8 Å². The number of carboxylic acid groups (broad SMARTS) is 2. The Morgan fingerprint density at radius 2 is 1.16 bits per heavy atom. The molecule has 4 aliphatic heterocycles. The molecule has 0 radical (unpaired) electrons. The number of fused-ring (bicyclic) bond motifs is 2. The number of hydrogen-bond acceptors (Lipinski definition) is 16. The highest BCUT2D eigenvalue weighted by Crippen LogP contribution is 2.46. The Labute approximate surface area is 352 Å². The van der Waals surface area contributed by atoms with Gasteiger partial charge < -0.3 is 24.5 Å². The molecule has 312 valence electrons. The number of esters is 2. The Hall–Kier alpha value is -2.95. The molecule has 0 aromatic carbocycles. The molecule has 21 heteroatoms. The molecule has 15 nitrogen and oxygen atoms in total. The van der Waals surface area contributed by atoms with Crippen LogP contribution in [0.15, 0.2) is 22.5 Å². The minimum absolute atomic E-state index is 0.0120. The average Bonchev–Trinajstić information content (AvgIpc) is 3.18. The van der Waals surface area contributed by atoms with Gasteiger partial charge in [0.15, 0.2) is 0 Å². The third-order valence-electron chi connectivity index (χ3n) is 9.20. The Bertz CT molecular complexity index is 1700. The second kappa shape index (κ2) is 24.2. The third kappa shape index (κ3) is 13.5. The second-order valence-electron chi connectivity index (χ2n) is 13.4. The van der Waals surface area contributed by atoms with Gasteiger partial charge in [0.05, 0.1) is 40.7 Å². The molecule has 2 fully saturated rings. The summed E-state index contributed by atoms with van der Waals surface area (Å²) in [6.45, 7) is 3.37. The van der Waals surface area contributed by atoms with Crippen LogP contribution in [0.3, 0.4) is 0 Å². The third-order valence-corrected chi connectivity index (χ3v) is 13.9. The zero-order valence-corrected chi connectivity index (χ0v) is 36.7. The quantitative estimate of drug-likeness (QED) is 0.0834. The Morgan fingerprint density at radius 1 is 0.702 bits per heavy atom. The molecule has 4 heterocycles. The molecule has 4 atom stereocenters. The van der Waals surface area contributed by atoms with Gasteiger partial charge in [-0.2, -0.15) is 0 Å². The maximum atomic E-state index is 12.5. The van der Waals surface area contributed by atoms with Crippen molar-refractivity contribution >= 4 is 115 Å². The molecule has 2 amide bonds. The van der Waals surface area contributed by atoms with E-state index in [9.17, 15) is 53.4 Å². The molecule has 0 spiro atoms. The summed E-state index contributed by atoms with van der Waals surface area (Å²) < 4.78 is 10.3. The molecule has 1 N–H and O–H groups in total. The van der Waals surface area contributed by atoms with E-state index in [2.05, 4.69) is 0 Å². The van der Waals surface area contributed by atoms with Crippen LogP contribution >= 0.6 is 38.2 Å². The van der Waals surface area contributed by atoms with Crippen molar-refractivity contribution in [2.75, 3.05) is 37.0 Å². The zero-order chi connectivity index (χ0) is 42.2. The van der Waals surface area contributed by atoms with Crippen LogP contribution in [0.4, 0.5) is 0 Å². The average molecular weight is 904 g/mol. The van der Waals surface area contributed by atoms with E-state index in [1.807, 2.05) is 13.8 Å². The maximum Gasteiger partial charge on any atom is 0.352 e. The first kappa shape index (κ1) is 48.4. The van der Waals surface area contributed by atoms with Crippen molar-refractivity contribution in [3.63, 3.8) is 0 Å². The summed E-state index contributed by atoms with van der Waals surface area (Å²) in [4.78, 5) is 110. The van der Waals surface area contributed by atoms with Gasteiger partial charge in [0.1, 0.15) is 36.3 Å². The van der Waals surface area contributed by atoms with E-state index in [-0.39, 0.29) is 91.1 Å². The number of carbonyl (C=O) groups is 9. The summed E-state index contributed by atoms with van der Waals surface area (Å²) in [6.07, 6.45) is 4.88. The molecule has 4 rings (SSSR count). The van der Waals surface area contributed by atoms with Crippen LogP contribution in [0.25, 0.3) is 0 Å². The molecular weight excluding hydrogens is 859 g/mol. The predicted molar refractivity (Wildman–Crippen MR) is 217 cm³/mol. The summed E-state index contributed by atoms with van der Waals surface area (Å²) in [5.74, 6) is -4.80. The summed E-state index contributed by atoms with van der Waals surface area (Å²) in [7, 11) is 1.41. The number of aliphatic carboxylic acids is 2. The first-order valence-corrected chi connectivity index (χ1v) is 24.7. The lowest BCUT2D eigenvalue weighted by Gasteiger charge is -2.50. The van der Waals surface area contributed by atoms with Gasteiger partial charge in [-0.05, 0) is 34.0 Å². The fourth-order valence-corrected chi connectivity index (χ4v) is 10.4. The summed E-state index contributed by atoms with van der Waals surface area (Å²) in [5, 5.41) is 20.5. The van der Waals surface area contributed by atoms with Gasteiger partial charge in [-0.15, -0.1) is 23.5 Å². The minimum Gasteiger partial charge on any atom is -0.543 e. The smallest absolute Gasteiger partial charge is 0.352 e. The number of amides is 2. The molecule has 4 unspecified atom stereocenters. The Morgan fingerprint density at radius 3 is 1.61 bits per heavy atom. The molecule has 4 aliphatic rings. The highest BCUT2D eigenvalue weighted by atomic mass is 32.4. The molecule has 2 saturated heterocycles. The van der Waals surface area contributed by atoms with E-state index >= 15 is 0 Å². The van der Waals surface area contributed by atoms with E-state index in [4.69, 9.17) is 33.1 Å². The van der Waals surface area contributed by atoms with Crippen molar-refractivity contribution in [2.24, 2.45) is 11.8 Å². The monoisotopic (exact) mass is 903 g/mol. The summed E-state index contributed by atoms with van der Waals surface area (Å²) >= 11 is 12.3. The van der Waals surface area contributed by atoms with Gasteiger partial charge in [0, 0.05) is 79.9 Å². The van der Waals surface area contributed by atoms with E-state index in [1.54, 1.807) is 0 Å². The van der Waals surface area contributed by atoms with Crippen LogP contribution in [-0.2, 0) is 76.2 Å². The number of carboxylic acids is 2. The predicted octanol–water partition coefficient (Wildman–Crippen LogP) is 3.32. The lowest BCUT2D eigenvalue weighted by Crippen LogP contribution is -2.63. The van der Waals surface area contributed by atoms with Gasteiger partial charge in [-0.3, -0.25) is 43.4 Å². The first-order valence-electron chi connectivity index (χ1n) is 18.4. The standard InChI is InChI=1S/C20H26NO7PS2.C16H20NO6PS2/c1-2-4-14(23)9-15-18(25)21-17(20(26)27)12(11-31-19(15)21)10-28-16(24)6-3-5-13(22)7-8-29-30;1-2-3-10(18)6-11-14(20)17-13(16(21)22)9(8-26-15(11)17)7-23-12(19)4-5-24-25/h15,19H,2-11H2,1H3,(H,26,27);11,15H,2-8H2,1H3,(H,21,22)/p-1. The molecule has 0 aliphatic carbocycles. The number of ketones is 3. The Kier molecular flexibility index (Phi) is 20.6. The number of hydrogen-bond donors (Lipinski definition) is 1. The normalized spacial score (nSPS) is 21.1. The van der Waals surface area contributed by atoms with Gasteiger partial charge in [0.2, 0.25) is 11.8 Å². The fourth-order valence-electron chi connectivity index (χ4n) is 6.44. The molecule has 0 aromatic heterocycles. The molecule has 0 bridgehead atoms. The summed E-state index contributed by atoms with van der Waals surface area (Å²) in [5.41, 5.74) is 0.308. The number of Topliss-reactive ketones (excluding diaryl/α,β-unsaturated/α-hetero) is 3. The topological polar surface area (TPSA) is 222 Å². The number of carbonyl (C=O) groups excluding carboxylic acids is 8. The van der Waals surface area contributed by atoms with Crippen LogP contribution < -0.4 is 5.11 Å². The lowest BCUT2D eigenvalue weighted by molar-refractivity contribution is -0.302. The number of thioether (sulfide) groups is 2. The van der Waals surface area contributed by atoms with Crippen LogP contribution in [0, 0.1) is 11.8 Å². The lowest BCUT2D eigenvalue weighted by atomic mass is 9.89. The molecular formula is C36H45N2O13P2S4-. The van der Waals surface area contributed by atoms with Crippen LogP contribution in [0.2, 0.25) is 0 Å². The molecule has 0 aromatic rings. The highest BCUT2D eigenvalue weighted by molar-refractivity contribution is 8.00. The van der Waals surface area contributed by atoms with Crippen LogP contribution in [0.5, 0.6) is 0 Å². The van der Waals surface area contributed by atoms with E-state index in [0.29, 0.717) is 68.7 Å². The highest BCUT2D eigenvalue weighted by Gasteiger charge is 2.54. The van der Waals surface area contributed by atoms with Gasteiger partial charge in [0.25, 0.3) is 0 Å². The minimum atomic E-state index is -1.50. The first-order chi connectivity index (χ1) is 27.2.